The molecule has 0 bridgehead atoms. The number of amides is 2. The second-order valence-electron chi connectivity index (χ2n) is 5.09. The fourth-order valence-corrected chi connectivity index (χ4v) is 1.99. The minimum absolute atomic E-state index is 0.0757. The molecule has 0 radical (unpaired) electrons. The zero-order valence-electron chi connectivity index (χ0n) is 13.6. The predicted octanol–water partition coefficient (Wildman–Crippen LogP) is 1.92. The Bertz CT molecular complexity index is 712. The van der Waals surface area contributed by atoms with Crippen molar-refractivity contribution in [1.29, 1.82) is 0 Å². The molecule has 0 unspecified atom stereocenters. The summed E-state index contributed by atoms with van der Waals surface area (Å²) in [6.45, 7) is -0.0757. The topological polar surface area (TPSA) is 71.0 Å². The fraction of sp³-hybridized carbons (Fsp3) is 0.167. The standard InChI is InChI=1S/C18H19N3O3/c1-21(18(23)15-6-4-3-5-7-15)13-17(22)20-19-12-14-8-10-16(24-2)11-9-14/h3-12H,13H2,1-2H3,(H,20,22). The van der Waals surface area contributed by atoms with Gasteiger partial charge in [0.1, 0.15) is 12.3 Å². The number of carbonyl (C=O) groups excluding carboxylic acids is 2. The van der Waals surface area contributed by atoms with Gasteiger partial charge in [0.15, 0.2) is 0 Å². The van der Waals surface area contributed by atoms with Crippen LogP contribution < -0.4 is 10.2 Å². The van der Waals surface area contributed by atoms with E-state index < -0.39 is 0 Å². The number of benzene rings is 2. The van der Waals surface area contributed by atoms with E-state index in [4.69, 9.17) is 4.74 Å². The van der Waals surface area contributed by atoms with Crippen LogP contribution in [0.25, 0.3) is 0 Å². The van der Waals surface area contributed by atoms with Crippen molar-refractivity contribution >= 4 is 18.0 Å². The van der Waals surface area contributed by atoms with Crippen molar-refractivity contribution in [3.8, 4) is 5.75 Å². The van der Waals surface area contributed by atoms with Crippen molar-refractivity contribution < 1.29 is 14.3 Å². The van der Waals surface area contributed by atoms with Crippen LogP contribution in [0.5, 0.6) is 5.75 Å². The summed E-state index contributed by atoms with van der Waals surface area (Å²) >= 11 is 0. The summed E-state index contributed by atoms with van der Waals surface area (Å²) in [4.78, 5) is 25.3. The lowest BCUT2D eigenvalue weighted by molar-refractivity contribution is -0.121. The second-order valence-corrected chi connectivity index (χ2v) is 5.09. The Morgan fingerprint density at radius 1 is 1.12 bits per heavy atom. The Hall–Kier alpha value is -3.15. The number of nitrogens with one attached hydrogen (secondary N) is 1. The van der Waals surface area contributed by atoms with E-state index in [2.05, 4.69) is 10.5 Å². The largest absolute Gasteiger partial charge is 0.497 e. The van der Waals surface area contributed by atoms with Gasteiger partial charge in [-0.2, -0.15) is 5.10 Å². The molecule has 0 aliphatic heterocycles. The first-order valence-corrected chi connectivity index (χ1v) is 7.36. The number of likely N-dealkylation sites (N-methyl/N-ethyl adjacent to an activating group) is 1. The van der Waals surface area contributed by atoms with Gasteiger partial charge in [-0.1, -0.05) is 18.2 Å². The molecule has 124 valence electrons. The molecule has 0 aliphatic rings. The molecule has 2 aromatic carbocycles. The first-order valence-electron chi connectivity index (χ1n) is 7.36. The minimum atomic E-state index is -0.369. The quantitative estimate of drug-likeness (QED) is 0.651. The maximum atomic E-state index is 12.1. The molecule has 1 N–H and O–H groups in total. The maximum Gasteiger partial charge on any atom is 0.259 e. The molecule has 0 heterocycles. The molecule has 6 heteroatoms. The van der Waals surface area contributed by atoms with Gasteiger partial charge in [0.05, 0.1) is 13.3 Å². The van der Waals surface area contributed by atoms with Gasteiger partial charge in [0, 0.05) is 12.6 Å². The highest BCUT2D eigenvalue weighted by Crippen LogP contribution is 2.09. The number of rotatable bonds is 6. The van der Waals surface area contributed by atoms with Gasteiger partial charge in [-0.25, -0.2) is 5.43 Å². The fourth-order valence-electron chi connectivity index (χ4n) is 1.99. The Balaban J connectivity index is 1.84. The summed E-state index contributed by atoms with van der Waals surface area (Å²) in [5, 5.41) is 3.88. The van der Waals surface area contributed by atoms with Crippen LogP contribution in [0.2, 0.25) is 0 Å². The molecule has 0 fully saturated rings. The van der Waals surface area contributed by atoms with Crippen LogP contribution in [0.1, 0.15) is 15.9 Å². The summed E-state index contributed by atoms with van der Waals surface area (Å²) in [6, 6.07) is 16.0. The average Bonchev–Trinajstić information content (AvgIpc) is 2.62. The van der Waals surface area contributed by atoms with E-state index in [1.807, 2.05) is 18.2 Å². The molecular formula is C18H19N3O3. The van der Waals surface area contributed by atoms with Crippen LogP contribution >= 0.6 is 0 Å². The van der Waals surface area contributed by atoms with Crippen LogP contribution in [0, 0.1) is 0 Å². The highest BCUT2D eigenvalue weighted by Gasteiger charge is 2.13. The second kappa shape index (κ2) is 8.47. The Labute approximate surface area is 140 Å². The van der Waals surface area contributed by atoms with Gasteiger partial charge in [-0.15, -0.1) is 0 Å². The Morgan fingerprint density at radius 2 is 1.79 bits per heavy atom. The summed E-state index contributed by atoms with van der Waals surface area (Å²) in [7, 11) is 3.17. The number of nitrogens with zero attached hydrogens (tertiary/aromatic N) is 2. The highest BCUT2D eigenvalue weighted by atomic mass is 16.5. The summed E-state index contributed by atoms with van der Waals surface area (Å²) in [5.41, 5.74) is 3.76. The van der Waals surface area contributed by atoms with Crippen molar-refractivity contribution in [1.82, 2.24) is 10.3 Å². The van der Waals surface area contributed by atoms with E-state index >= 15 is 0 Å². The molecule has 0 spiro atoms. The zero-order valence-corrected chi connectivity index (χ0v) is 13.6. The monoisotopic (exact) mass is 325 g/mol. The van der Waals surface area contributed by atoms with E-state index in [0.717, 1.165) is 11.3 Å². The van der Waals surface area contributed by atoms with Gasteiger partial charge in [0.25, 0.3) is 11.8 Å². The number of ether oxygens (including phenoxy) is 1. The third-order valence-electron chi connectivity index (χ3n) is 3.27. The first-order chi connectivity index (χ1) is 11.6. The molecule has 0 saturated heterocycles. The molecule has 0 aromatic heterocycles. The average molecular weight is 325 g/mol. The first kappa shape index (κ1) is 17.2. The number of hydrogen-bond donors (Lipinski definition) is 1. The van der Waals surface area contributed by atoms with Crippen LogP contribution in [-0.2, 0) is 4.79 Å². The van der Waals surface area contributed by atoms with Gasteiger partial charge in [-0.3, -0.25) is 9.59 Å². The van der Waals surface area contributed by atoms with Crippen LogP contribution in [0.15, 0.2) is 59.7 Å². The number of carbonyl (C=O) groups is 2. The lowest BCUT2D eigenvalue weighted by atomic mass is 10.2. The molecule has 0 aliphatic carbocycles. The van der Waals surface area contributed by atoms with E-state index in [0.29, 0.717) is 5.56 Å². The summed E-state index contributed by atoms with van der Waals surface area (Å²) in [6.07, 6.45) is 1.52. The molecule has 6 nitrogen and oxygen atoms in total. The van der Waals surface area contributed by atoms with Gasteiger partial charge >= 0.3 is 0 Å². The molecule has 2 rings (SSSR count). The van der Waals surface area contributed by atoms with E-state index in [9.17, 15) is 9.59 Å². The third-order valence-corrected chi connectivity index (χ3v) is 3.27. The van der Waals surface area contributed by atoms with Crippen LogP contribution in [0.4, 0.5) is 0 Å². The van der Waals surface area contributed by atoms with Gasteiger partial charge in [0.2, 0.25) is 0 Å². The predicted molar refractivity (Wildman–Crippen MR) is 92.1 cm³/mol. The van der Waals surface area contributed by atoms with Crippen LogP contribution in [0.3, 0.4) is 0 Å². The molecule has 2 aromatic rings. The number of hydrogen-bond acceptors (Lipinski definition) is 4. The number of methoxy groups -OCH3 is 1. The van der Waals surface area contributed by atoms with Crippen molar-refractivity contribution in [2.45, 2.75) is 0 Å². The van der Waals surface area contributed by atoms with E-state index in [1.165, 1.54) is 11.1 Å². The van der Waals surface area contributed by atoms with Crippen molar-refractivity contribution in [2.24, 2.45) is 5.10 Å². The molecule has 2 amide bonds. The van der Waals surface area contributed by atoms with Gasteiger partial charge in [-0.05, 0) is 42.0 Å². The third kappa shape index (κ3) is 4.95. The Kier molecular flexibility index (Phi) is 6.08. The van der Waals surface area contributed by atoms with Crippen molar-refractivity contribution in [3.05, 3.63) is 65.7 Å². The van der Waals surface area contributed by atoms with Gasteiger partial charge < -0.3 is 9.64 Å². The van der Waals surface area contributed by atoms with E-state index in [-0.39, 0.29) is 18.4 Å². The summed E-state index contributed by atoms with van der Waals surface area (Å²) in [5.74, 6) is 0.161. The minimum Gasteiger partial charge on any atom is -0.497 e. The maximum absolute atomic E-state index is 12.1. The van der Waals surface area contributed by atoms with Crippen LogP contribution in [-0.4, -0.2) is 43.6 Å². The van der Waals surface area contributed by atoms with Crippen molar-refractivity contribution in [2.75, 3.05) is 20.7 Å². The normalized spacial score (nSPS) is 10.4. The molecule has 0 atom stereocenters. The number of hydrazone groups is 1. The van der Waals surface area contributed by atoms with E-state index in [1.54, 1.807) is 50.6 Å². The Morgan fingerprint density at radius 3 is 2.42 bits per heavy atom. The van der Waals surface area contributed by atoms with Crippen molar-refractivity contribution in [3.63, 3.8) is 0 Å². The smallest absolute Gasteiger partial charge is 0.259 e. The lowest BCUT2D eigenvalue weighted by Gasteiger charge is -2.15. The lowest BCUT2D eigenvalue weighted by Crippen LogP contribution is -2.36. The molecular weight excluding hydrogens is 306 g/mol. The zero-order chi connectivity index (χ0) is 17.4. The summed E-state index contributed by atoms with van der Waals surface area (Å²) < 4.78 is 5.06. The highest BCUT2D eigenvalue weighted by molar-refractivity contribution is 5.96. The SMILES string of the molecule is COc1ccc(C=NNC(=O)CN(C)C(=O)c2ccccc2)cc1. The molecule has 24 heavy (non-hydrogen) atoms. The molecule has 0 saturated carbocycles.